The monoisotopic (exact) mass is 374 g/mol. The summed E-state index contributed by atoms with van der Waals surface area (Å²) in [5.74, 6) is 0.820. The lowest BCUT2D eigenvalue weighted by atomic mass is 10.2. The molecule has 2 radical (unpaired) electrons. The first-order valence-electron chi connectivity index (χ1n) is 9.00. The van der Waals surface area contributed by atoms with Crippen LogP contribution in [0.25, 0.3) is 0 Å². The van der Waals surface area contributed by atoms with Gasteiger partial charge in [-0.1, -0.05) is 12.1 Å². The Balaban J connectivity index is 1.66. The summed E-state index contributed by atoms with van der Waals surface area (Å²) in [6, 6.07) is 14.1. The van der Waals surface area contributed by atoms with Gasteiger partial charge >= 0.3 is 0 Å². The standard InChI is InChI=1S/C20H23N6.Al/c1-17(13-21-14-18-7-2-4-9-22-18)26(15-19-8-3-5-10-23-19)16-20-24-11-6-12-25-20;/h2-12,17H,13-16H2,1H3;/q-1;+1. The smallest absolute Gasteiger partial charge is 0.256 e. The first kappa shape index (κ1) is 19.6. The third-order valence-electron chi connectivity index (χ3n) is 4.27. The van der Waals surface area contributed by atoms with Gasteiger partial charge in [-0.25, -0.2) is 9.97 Å². The molecule has 0 N–H and O–H groups in total. The Morgan fingerprint density at radius 1 is 0.778 bits per heavy atom. The lowest BCUT2D eigenvalue weighted by Crippen LogP contribution is -2.41. The molecule has 0 aromatic carbocycles. The molecule has 6 nitrogen and oxygen atoms in total. The lowest BCUT2D eigenvalue weighted by molar-refractivity contribution is 0.159. The van der Waals surface area contributed by atoms with Gasteiger partial charge in [-0.15, -0.1) is 0 Å². The highest BCUT2D eigenvalue weighted by Gasteiger charge is 2.18. The highest BCUT2D eigenvalue weighted by Crippen LogP contribution is 2.11. The van der Waals surface area contributed by atoms with Crippen molar-refractivity contribution >= 4 is 16.5 Å². The maximum absolute atomic E-state index is 4.48. The molecular formula is C20H23AlN6. The lowest BCUT2D eigenvalue weighted by Gasteiger charge is -2.32. The molecule has 0 amide bonds. The van der Waals surface area contributed by atoms with Gasteiger partial charge in [0, 0.05) is 43.9 Å². The van der Waals surface area contributed by atoms with Gasteiger partial charge in [0.1, 0.15) is 5.82 Å². The first-order valence-corrected chi connectivity index (χ1v) is 9.52. The van der Waals surface area contributed by atoms with E-state index >= 15 is 0 Å². The van der Waals surface area contributed by atoms with Gasteiger partial charge in [0.2, 0.25) is 0 Å². The van der Waals surface area contributed by atoms with Crippen LogP contribution in [0.15, 0.2) is 67.3 Å². The number of hydrogen-bond donors (Lipinski definition) is 0. The molecule has 3 heterocycles. The minimum Gasteiger partial charge on any atom is -0.396 e. The molecule has 0 saturated heterocycles. The van der Waals surface area contributed by atoms with Crippen LogP contribution in [0.1, 0.15) is 24.1 Å². The predicted octanol–water partition coefficient (Wildman–Crippen LogP) is 2.24. The largest absolute Gasteiger partial charge is 0.396 e. The van der Waals surface area contributed by atoms with E-state index in [0.29, 0.717) is 6.54 Å². The predicted molar refractivity (Wildman–Crippen MR) is 105 cm³/mol. The highest BCUT2D eigenvalue weighted by molar-refractivity contribution is 6.04. The molecule has 0 aliphatic carbocycles. The number of aromatic nitrogens is 4. The Bertz CT molecular complexity index is 746. The van der Waals surface area contributed by atoms with E-state index in [1.165, 1.54) is 0 Å². The molecule has 0 spiro atoms. The quantitative estimate of drug-likeness (QED) is 0.536. The molecule has 0 aliphatic heterocycles. The van der Waals surface area contributed by atoms with Gasteiger partial charge in [-0.05, 0) is 43.8 Å². The van der Waals surface area contributed by atoms with E-state index in [1.54, 1.807) is 12.4 Å². The Kier molecular flexibility index (Phi) is 7.43. The number of hydrogen-bond acceptors (Lipinski definition) is 6. The van der Waals surface area contributed by atoms with Crippen LogP contribution in [0.5, 0.6) is 0 Å². The SMILES string of the molecule is CC(C[N]([Al])Cc1ccccn1)N(Cc1ccccn1)Cc1ncccn1. The maximum atomic E-state index is 4.48. The fourth-order valence-corrected chi connectivity index (χ4v) is 3.37. The fourth-order valence-electron chi connectivity index (χ4n) is 2.88. The van der Waals surface area contributed by atoms with Crippen LogP contribution in [0.3, 0.4) is 0 Å². The van der Waals surface area contributed by atoms with Gasteiger partial charge in [0.25, 0.3) is 16.5 Å². The summed E-state index contributed by atoms with van der Waals surface area (Å²) in [4.78, 5) is 20.0. The third-order valence-corrected chi connectivity index (χ3v) is 4.66. The average molecular weight is 374 g/mol. The summed E-state index contributed by atoms with van der Waals surface area (Å²) in [6.07, 6.45) is 7.24. The van der Waals surface area contributed by atoms with Gasteiger partial charge < -0.3 is 3.88 Å². The molecule has 1 unspecified atom stereocenters. The van der Waals surface area contributed by atoms with Crippen LogP contribution in [-0.2, 0) is 19.6 Å². The van der Waals surface area contributed by atoms with E-state index in [-0.39, 0.29) is 6.04 Å². The number of pyridine rings is 2. The minimum atomic E-state index is 0.289. The second-order valence-electron chi connectivity index (χ2n) is 6.49. The third kappa shape index (κ3) is 6.49. The van der Waals surface area contributed by atoms with Crippen LogP contribution in [0.4, 0.5) is 0 Å². The molecule has 0 aliphatic rings. The summed E-state index contributed by atoms with van der Waals surface area (Å²) in [7, 11) is 0. The Hall–Kier alpha value is -2.17. The van der Waals surface area contributed by atoms with Crippen LogP contribution in [0, 0.1) is 0 Å². The first-order chi connectivity index (χ1) is 13.2. The second-order valence-corrected chi connectivity index (χ2v) is 7.22. The number of rotatable bonds is 9. The molecule has 7 heteroatoms. The average Bonchev–Trinajstić information content (AvgIpc) is 2.70. The van der Waals surface area contributed by atoms with E-state index in [0.717, 1.165) is 36.8 Å². The second kappa shape index (κ2) is 10.2. The van der Waals surface area contributed by atoms with Gasteiger partial charge in [-0.2, -0.15) is 0 Å². The molecule has 1 atom stereocenters. The zero-order valence-corrected chi connectivity index (χ0v) is 16.7. The van der Waals surface area contributed by atoms with Gasteiger partial charge in [-0.3, -0.25) is 14.9 Å². The van der Waals surface area contributed by atoms with Crippen molar-refractivity contribution in [2.24, 2.45) is 0 Å². The molecule has 0 fully saturated rings. The summed E-state index contributed by atoms with van der Waals surface area (Å²) in [6.45, 7) is 5.32. The summed E-state index contributed by atoms with van der Waals surface area (Å²) >= 11 is 2.82. The minimum absolute atomic E-state index is 0.289. The van der Waals surface area contributed by atoms with Crippen LogP contribution < -0.4 is 0 Å². The maximum Gasteiger partial charge on any atom is 0.256 e. The fraction of sp³-hybridized carbons (Fsp3) is 0.300. The summed E-state index contributed by atoms with van der Waals surface area (Å²) in [5, 5.41) is 0. The summed E-state index contributed by atoms with van der Waals surface area (Å²) < 4.78 is 2.21. The molecule has 3 rings (SSSR count). The summed E-state index contributed by atoms with van der Waals surface area (Å²) in [5.41, 5.74) is 2.10. The van der Waals surface area contributed by atoms with Crippen LogP contribution in [-0.4, -0.2) is 57.8 Å². The van der Waals surface area contributed by atoms with Crippen molar-refractivity contribution in [3.8, 4) is 0 Å². The molecule has 3 aromatic rings. The van der Waals surface area contributed by atoms with Crippen molar-refractivity contribution in [2.75, 3.05) is 6.54 Å². The Morgan fingerprint density at radius 3 is 1.96 bits per heavy atom. The van der Waals surface area contributed by atoms with Crippen LogP contribution >= 0.6 is 0 Å². The molecular weight excluding hydrogens is 351 g/mol. The zero-order chi connectivity index (χ0) is 18.9. The normalized spacial score (nSPS) is 12.4. The molecule has 0 saturated carbocycles. The van der Waals surface area contributed by atoms with Crippen molar-refractivity contribution in [1.82, 2.24) is 28.7 Å². The van der Waals surface area contributed by atoms with E-state index in [4.69, 9.17) is 0 Å². The molecule has 136 valence electrons. The molecule has 27 heavy (non-hydrogen) atoms. The molecule has 3 aromatic heterocycles. The molecule has 0 bridgehead atoms. The number of nitrogens with zero attached hydrogens (tertiary/aromatic N) is 6. The van der Waals surface area contributed by atoms with Crippen molar-refractivity contribution in [3.05, 3.63) is 84.5 Å². The van der Waals surface area contributed by atoms with Crippen LogP contribution in [0.2, 0.25) is 0 Å². The zero-order valence-electron chi connectivity index (χ0n) is 15.5. The van der Waals surface area contributed by atoms with Crippen molar-refractivity contribution in [1.29, 1.82) is 0 Å². The van der Waals surface area contributed by atoms with E-state index in [1.807, 2.05) is 48.8 Å². The van der Waals surface area contributed by atoms with E-state index < -0.39 is 0 Å². The van der Waals surface area contributed by atoms with Crippen molar-refractivity contribution in [2.45, 2.75) is 32.6 Å². The van der Waals surface area contributed by atoms with Gasteiger partial charge in [0.05, 0.1) is 17.9 Å². The van der Waals surface area contributed by atoms with Crippen molar-refractivity contribution < 1.29 is 0 Å². The topological polar surface area (TPSA) is 58.0 Å². The van der Waals surface area contributed by atoms with Gasteiger partial charge in [0.15, 0.2) is 0 Å². The van der Waals surface area contributed by atoms with E-state index in [2.05, 4.69) is 58.2 Å². The Labute approximate surface area is 169 Å². The van der Waals surface area contributed by atoms with Crippen molar-refractivity contribution in [3.63, 3.8) is 0 Å². The highest BCUT2D eigenvalue weighted by atomic mass is 27.1. The van der Waals surface area contributed by atoms with E-state index in [9.17, 15) is 0 Å². The Morgan fingerprint density at radius 2 is 1.37 bits per heavy atom.